The van der Waals surface area contributed by atoms with Gasteiger partial charge in [-0.15, -0.1) is 0 Å². The van der Waals surface area contributed by atoms with Crippen molar-refractivity contribution in [1.82, 2.24) is 10.6 Å². The Labute approximate surface area is 151 Å². The quantitative estimate of drug-likeness (QED) is 0.712. The Bertz CT molecular complexity index is 734. The SMILES string of the molecule is O=C(CNC(=O)OCc1ccccc1)N[C@@H](Cc1ccccc1)C(=O)[O-]. The van der Waals surface area contributed by atoms with Gasteiger partial charge in [0, 0.05) is 0 Å². The van der Waals surface area contributed by atoms with Crippen molar-refractivity contribution >= 4 is 18.0 Å². The summed E-state index contributed by atoms with van der Waals surface area (Å²) in [5.41, 5.74) is 1.56. The predicted octanol–water partition coefficient (Wildman–Crippen LogP) is 0.390. The van der Waals surface area contributed by atoms with Crippen LogP contribution < -0.4 is 15.7 Å². The van der Waals surface area contributed by atoms with Crippen molar-refractivity contribution in [1.29, 1.82) is 0 Å². The summed E-state index contributed by atoms with van der Waals surface area (Å²) in [5, 5.41) is 15.8. The molecule has 136 valence electrons. The topological polar surface area (TPSA) is 108 Å². The summed E-state index contributed by atoms with van der Waals surface area (Å²) in [6, 6.07) is 16.7. The van der Waals surface area contributed by atoms with E-state index in [1.807, 2.05) is 18.2 Å². The third kappa shape index (κ3) is 6.64. The molecule has 2 N–H and O–H groups in total. The highest BCUT2D eigenvalue weighted by atomic mass is 16.5. The standard InChI is InChI=1S/C19H20N2O5/c22-17(12-20-19(25)26-13-15-9-5-2-6-10-15)21-16(18(23)24)11-14-7-3-1-4-8-14/h1-10,16H,11-13H2,(H,20,25)(H,21,22)(H,23,24)/p-1/t16-/m0/s1. The van der Waals surface area contributed by atoms with Crippen molar-refractivity contribution in [3.8, 4) is 0 Å². The molecule has 0 saturated heterocycles. The molecule has 0 unspecified atom stereocenters. The zero-order valence-corrected chi connectivity index (χ0v) is 14.0. The summed E-state index contributed by atoms with van der Waals surface area (Å²) in [7, 11) is 0. The second kappa shape index (κ2) is 9.83. The van der Waals surface area contributed by atoms with Gasteiger partial charge in [-0.25, -0.2) is 4.79 Å². The minimum atomic E-state index is -1.39. The zero-order chi connectivity index (χ0) is 18.8. The molecule has 0 aliphatic heterocycles. The number of rotatable bonds is 8. The number of carbonyl (C=O) groups is 3. The average Bonchev–Trinajstić information content (AvgIpc) is 2.66. The molecule has 2 rings (SSSR count). The van der Waals surface area contributed by atoms with Gasteiger partial charge in [0.1, 0.15) is 13.2 Å². The summed E-state index contributed by atoms with van der Waals surface area (Å²) in [6.45, 7) is -0.323. The second-order valence-electron chi connectivity index (χ2n) is 5.54. The van der Waals surface area contributed by atoms with E-state index in [1.165, 1.54) is 0 Å². The lowest BCUT2D eigenvalue weighted by atomic mass is 10.1. The maximum absolute atomic E-state index is 11.9. The lowest BCUT2D eigenvalue weighted by molar-refractivity contribution is -0.308. The number of benzene rings is 2. The number of carboxylic acids is 1. The van der Waals surface area contributed by atoms with Crippen LogP contribution in [0.4, 0.5) is 4.79 Å². The third-order valence-electron chi connectivity index (χ3n) is 3.51. The van der Waals surface area contributed by atoms with E-state index >= 15 is 0 Å². The number of carboxylic acid groups (broad SMARTS) is 1. The highest BCUT2D eigenvalue weighted by Crippen LogP contribution is 2.03. The fourth-order valence-electron chi connectivity index (χ4n) is 2.22. The van der Waals surface area contributed by atoms with Crippen molar-refractivity contribution in [2.45, 2.75) is 19.1 Å². The molecule has 0 bridgehead atoms. The molecule has 2 aromatic carbocycles. The first-order chi connectivity index (χ1) is 12.5. The number of hydrogen-bond acceptors (Lipinski definition) is 5. The largest absolute Gasteiger partial charge is 0.548 e. The summed E-state index contributed by atoms with van der Waals surface area (Å²) in [6.07, 6.45) is -0.676. The number of ether oxygens (including phenoxy) is 1. The molecule has 1 atom stereocenters. The van der Waals surface area contributed by atoms with E-state index < -0.39 is 30.6 Å². The summed E-state index contributed by atoms with van der Waals surface area (Å²) in [5.74, 6) is -2.04. The molecule has 7 heteroatoms. The third-order valence-corrected chi connectivity index (χ3v) is 3.51. The second-order valence-corrected chi connectivity index (χ2v) is 5.54. The molecule has 0 fully saturated rings. The normalized spacial score (nSPS) is 11.2. The van der Waals surface area contributed by atoms with Crippen LogP contribution in [0.5, 0.6) is 0 Å². The van der Waals surface area contributed by atoms with E-state index in [4.69, 9.17) is 4.74 Å². The maximum atomic E-state index is 11.9. The summed E-state index contributed by atoms with van der Waals surface area (Å²) >= 11 is 0. The van der Waals surface area contributed by atoms with E-state index in [-0.39, 0.29) is 13.0 Å². The molecule has 2 amide bonds. The van der Waals surface area contributed by atoms with Gasteiger partial charge in [-0.1, -0.05) is 60.7 Å². The van der Waals surface area contributed by atoms with Crippen LogP contribution >= 0.6 is 0 Å². The number of nitrogens with one attached hydrogen (secondary N) is 2. The van der Waals surface area contributed by atoms with Gasteiger partial charge in [0.25, 0.3) is 0 Å². The molecule has 0 aromatic heterocycles. The average molecular weight is 355 g/mol. The first-order valence-electron chi connectivity index (χ1n) is 8.03. The molecular weight excluding hydrogens is 336 g/mol. The molecule has 0 aliphatic rings. The van der Waals surface area contributed by atoms with Gasteiger partial charge in [-0.2, -0.15) is 0 Å². The van der Waals surface area contributed by atoms with Crippen molar-refractivity contribution < 1.29 is 24.2 Å². The Morgan fingerprint density at radius 3 is 2.08 bits per heavy atom. The Morgan fingerprint density at radius 2 is 1.50 bits per heavy atom. The summed E-state index contributed by atoms with van der Waals surface area (Å²) < 4.78 is 4.97. The lowest BCUT2D eigenvalue weighted by Gasteiger charge is -2.20. The van der Waals surface area contributed by atoms with Gasteiger partial charge < -0.3 is 25.3 Å². The minimum absolute atomic E-state index is 0.0734. The number of amides is 2. The van der Waals surface area contributed by atoms with Crippen molar-refractivity contribution in [2.75, 3.05) is 6.54 Å². The van der Waals surface area contributed by atoms with Gasteiger partial charge in [-0.3, -0.25) is 4.79 Å². The number of aliphatic carboxylic acids is 1. The number of hydrogen-bond donors (Lipinski definition) is 2. The Kier molecular flexibility index (Phi) is 7.17. The molecule has 0 saturated carbocycles. The van der Waals surface area contributed by atoms with E-state index in [2.05, 4.69) is 10.6 Å². The van der Waals surface area contributed by atoms with Crippen molar-refractivity contribution in [3.63, 3.8) is 0 Å². The maximum Gasteiger partial charge on any atom is 0.407 e. The molecule has 0 radical (unpaired) electrons. The van der Waals surface area contributed by atoms with Gasteiger partial charge in [-0.05, 0) is 17.5 Å². The molecular formula is C19H19N2O5-. The van der Waals surface area contributed by atoms with E-state index in [0.29, 0.717) is 0 Å². The van der Waals surface area contributed by atoms with Crippen molar-refractivity contribution in [3.05, 3.63) is 71.8 Å². The van der Waals surface area contributed by atoms with Crippen LogP contribution in [0.2, 0.25) is 0 Å². The fraction of sp³-hybridized carbons (Fsp3) is 0.211. The van der Waals surface area contributed by atoms with E-state index in [1.54, 1.807) is 42.5 Å². The first-order valence-corrected chi connectivity index (χ1v) is 8.03. The summed E-state index contributed by atoms with van der Waals surface area (Å²) in [4.78, 5) is 34.6. The molecule has 2 aromatic rings. The highest BCUT2D eigenvalue weighted by molar-refractivity contribution is 5.86. The van der Waals surface area contributed by atoms with Crippen LogP contribution in [0.3, 0.4) is 0 Å². The molecule has 0 aliphatic carbocycles. The lowest BCUT2D eigenvalue weighted by Crippen LogP contribution is -2.51. The highest BCUT2D eigenvalue weighted by Gasteiger charge is 2.15. The Morgan fingerprint density at radius 1 is 0.923 bits per heavy atom. The van der Waals surface area contributed by atoms with E-state index in [0.717, 1.165) is 11.1 Å². The number of carbonyl (C=O) groups excluding carboxylic acids is 3. The van der Waals surface area contributed by atoms with Crippen LogP contribution in [0.1, 0.15) is 11.1 Å². The molecule has 0 heterocycles. The number of alkyl carbamates (subject to hydrolysis) is 1. The van der Waals surface area contributed by atoms with Crippen LogP contribution in [-0.4, -0.2) is 30.6 Å². The van der Waals surface area contributed by atoms with Gasteiger partial charge >= 0.3 is 6.09 Å². The monoisotopic (exact) mass is 355 g/mol. The smallest absolute Gasteiger partial charge is 0.407 e. The molecule has 0 spiro atoms. The molecule has 7 nitrogen and oxygen atoms in total. The first kappa shape index (κ1) is 19.0. The Balaban J connectivity index is 1.75. The Hall–Kier alpha value is -3.35. The van der Waals surface area contributed by atoms with Crippen LogP contribution in [0.15, 0.2) is 60.7 Å². The van der Waals surface area contributed by atoms with E-state index in [9.17, 15) is 19.5 Å². The minimum Gasteiger partial charge on any atom is -0.548 e. The van der Waals surface area contributed by atoms with Crippen LogP contribution in [0.25, 0.3) is 0 Å². The van der Waals surface area contributed by atoms with Gasteiger partial charge in [0.05, 0.1) is 12.0 Å². The van der Waals surface area contributed by atoms with Crippen LogP contribution in [-0.2, 0) is 27.4 Å². The van der Waals surface area contributed by atoms with Crippen molar-refractivity contribution in [2.24, 2.45) is 0 Å². The molecule has 26 heavy (non-hydrogen) atoms. The van der Waals surface area contributed by atoms with Crippen LogP contribution in [0, 0.1) is 0 Å². The fourth-order valence-corrected chi connectivity index (χ4v) is 2.22. The predicted molar refractivity (Wildman–Crippen MR) is 91.7 cm³/mol. The van der Waals surface area contributed by atoms with Gasteiger partial charge in [0.15, 0.2) is 0 Å². The zero-order valence-electron chi connectivity index (χ0n) is 14.0. The van der Waals surface area contributed by atoms with Gasteiger partial charge in [0.2, 0.25) is 5.91 Å².